The molecular formula is C20H39N5O8. The van der Waals surface area contributed by atoms with Crippen molar-refractivity contribution in [2.75, 3.05) is 20.2 Å². The molecule has 13 N–H and O–H groups in total. The Labute approximate surface area is 193 Å². The summed E-state index contributed by atoms with van der Waals surface area (Å²) >= 11 is 0. The first-order valence-corrected chi connectivity index (χ1v) is 11.2. The summed E-state index contributed by atoms with van der Waals surface area (Å²) in [6, 6.07) is -2.70. The van der Waals surface area contributed by atoms with E-state index >= 15 is 0 Å². The molecule has 192 valence electrons. The van der Waals surface area contributed by atoms with E-state index in [4.69, 9.17) is 41.9 Å². The van der Waals surface area contributed by atoms with E-state index in [1.807, 2.05) is 0 Å². The first-order chi connectivity index (χ1) is 15.5. The lowest BCUT2D eigenvalue weighted by Crippen LogP contribution is -2.71. The van der Waals surface area contributed by atoms with Crippen LogP contribution in [0.4, 0.5) is 0 Å². The predicted octanol–water partition coefficient (Wildman–Crippen LogP) is -4.49. The van der Waals surface area contributed by atoms with Crippen LogP contribution in [-0.4, -0.2) is 113 Å². The molecule has 0 amide bonds. The maximum atomic E-state index is 11.1. The average Bonchev–Trinajstić information content (AvgIpc) is 2.76. The number of likely N-dealkylation sites (N-methyl/N-ethyl adjacent to an activating group) is 1. The van der Waals surface area contributed by atoms with Gasteiger partial charge < -0.3 is 67.6 Å². The number of ether oxygens (including phenoxy) is 4. The second-order valence-electron chi connectivity index (χ2n) is 9.17. The molecule has 3 aliphatic rings. The van der Waals surface area contributed by atoms with Crippen LogP contribution >= 0.6 is 0 Å². The third kappa shape index (κ3) is 5.34. The second-order valence-corrected chi connectivity index (χ2v) is 9.17. The molecule has 3 rings (SSSR count). The molecule has 0 spiro atoms. The van der Waals surface area contributed by atoms with Crippen molar-refractivity contribution in [3.63, 3.8) is 0 Å². The van der Waals surface area contributed by atoms with Gasteiger partial charge in [0.25, 0.3) is 0 Å². The molecule has 12 atom stereocenters. The Kier molecular flexibility index (Phi) is 8.70. The topological polar surface area (TPSA) is 234 Å². The molecule has 0 bridgehead atoms. The minimum Gasteiger partial charge on any atom is -0.467 e. The van der Waals surface area contributed by atoms with Gasteiger partial charge in [-0.2, -0.15) is 0 Å². The fourth-order valence-corrected chi connectivity index (χ4v) is 4.76. The van der Waals surface area contributed by atoms with Gasteiger partial charge in [0, 0.05) is 12.1 Å². The third-order valence-corrected chi connectivity index (χ3v) is 6.76. The lowest BCUT2D eigenvalue weighted by molar-refractivity contribution is -0.328. The molecule has 0 aromatic heterocycles. The Morgan fingerprint density at radius 1 is 1.09 bits per heavy atom. The zero-order chi connectivity index (χ0) is 24.5. The maximum Gasteiger partial charge on any atom is 0.215 e. The highest BCUT2D eigenvalue weighted by Crippen LogP contribution is 2.33. The number of hydrogen-bond donors (Lipinski definition) is 9. The summed E-state index contributed by atoms with van der Waals surface area (Å²) in [5.41, 5.74) is 22.6. The summed E-state index contributed by atoms with van der Waals surface area (Å²) in [5.74, 6) is 0.531. The van der Waals surface area contributed by atoms with Crippen molar-refractivity contribution in [1.82, 2.24) is 5.32 Å². The van der Waals surface area contributed by atoms with Crippen molar-refractivity contribution < 1.29 is 39.4 Å². The molecule has 2 aliphatic heterocycles. The Hall–Kier alpha value is -0.940. The Bertz CT molecular complexity index is 685. The molecule has 1 saturated carbocycles. The third-order valence-electron chi connectivity index (χ3n) is 6.76. The van der Waals surface area contributed by atoms with E-state index < -0.39 is 79.5 Å². The Balaban J connectivity index is 1.74. The summed E-state index contributed by atoms with van der Waals surface area (Å²) in [5, 5.41) is 45.1. The number of aliphatic hydroxyl groups is 4. The van der Waals surface area contributed by atoms with Crippen LogP contribution in [0.2, 0.25) is 0 Å². The van der Waals surface area contributed by atoms with E-state index in [1.54, 1.807) is 13.1 Å². The average molecular weight is 478 g/mol. The fraction of sp³-hybridized carbons (Fsp3) is 0.900. The number of hydrogen-bond acceptors (Lipinski definition) is 13. The molecule has 1 aliphatic carbocycles. The molecule has 2 fully saturated rings. The van der Waals surface area contributed by atoms with Crippen molar-refractivity contribution in [2.24, 2.45) is 22.9 Å². The highest BCUT2D eigenvalue weighted by Gasteiger charge is 2.54. The van der Waals surface area contributed by atoms with Gasteiger partial charge in [0.05, 0.1) is 25.2 Å². The van der Waals surface area contributed by atoms with Crippen LogP contribution in [0.5, 0.6) is 0 Å². The molecule has 13 nitrogen and oxygen atoms in total. The zero-order valence-electron chi connectivity index (χ0n) is 19.0. The summed E-state index contributed by atoms with van der Waals surface area (Å²) in [6.07, 6.45) is -5.27. The van der Waals surface area contributed by atoms with Crippen molar-refractivity contribution in [2.45, 2.75) is 92.6 Å². The predicted molar refractivity (Wildman–Crippen MR) is 116 cm³/mol. The number of rotatable bonds is 7. The van der Waals surface area contributed by atoms with Gasteiger partial charge >= 0.3 is 0 Å². The van der Waals surface area contributed by atoms with E-state index in [0.29, 0.717) is 12.2 Å². The second kappa shape index (κ2) is 10.8. The van der Waals surface area contributed by atoms with Crippen LogP contribution in [-0.2, 0) is 18.9 Å². The molecule has 2 heterocycles. The fourth-order valence-electron chi connectivity index (χ4n) is 4.76. The van der Waals surface area contributed by atoms with Gasteiger partial charge in [-0.25, -0.2) is 0 Å². The van der Waals surface area contributed by atoms with Gasteiger partial charge in [0.2, 0.25) is 6.29 Å². The van der Waals surface area contributed by atoms with Crippen molar-refractivity contribution in [3.8, 4) is 0 Å². The monoisotopic (exact) mass is 477 g/mol. The van der Waals surface area contributed by atoms with Crippen molar-refractivity contribution >= 4 is 0 Å². The highest BCUT2D eigenvalue weighted by atomic mass is 16.7. The quantitative estimate of drug-likeness (QED) is 0.168. The lowest BCUT2D eigenvalue weighted by atomic mass is 9.82. The van der Waals surface area contributed by atoms with Crippen LogP contribution in [0, 0.1) is 0 Å². The summed E-state index contributed by atoms with van der Waals surface area (Å²) in [6.45, 7) is 1.11. The molecular weight excluding hydrogens is 438 g/mol. The van der Waals surface area contributed by atoms with Gasteiger partial charge in [-0.15, -0.1) is 0 Å². The molecule has 12 unspecified atom stereocenters. The van der Waals surface area contributed by atoms with Crippen LogP contribution in [0.1, 0.15) is 19.8 Å². The Morgan fingerprint density at radius 3 is 2.24 bits per heavy atom. The normalized spacial score (nSPS) is 48.8. The number of aliphatic hydroxyl groups excluding tert-OH is 3. The first kappa shape index (κ1) is 26.7. The van der Waals surface area contributed by atoms with Gasteiger partial charge in [-0.1, -0.05) is 0 Å². The summed E-state index contributed by atoms with van der Waals surface area (Å²) in [4.78, 5) is 0. The molecule has 0 aromatic rings. The largest absolute Gasteiger partial charge is 0.467 e. The maximum absolute atomic E-state index is 11.1. The SMILES string of the molecule is CNC1C(O)C(OC2C(N)CC(N)C(OC3OC(CN)=CCC3N)C2O)OC(CO)C1(C)O. The van der Waals surface area contributed by atoms with Gasteiger partial charge in [0.15, 0.2) is 6.29 Å². The van der Waals surface area contributed by atoms with E-state index in [2.05, 4.69) is 5.32 Å². The smallest absolute Gasteiger partial charge is 0.215 e. The molecule has 0 aromatic carbocycles. The summed E-state index contributed by atoms with van der Waals surface area (Å²) < 4.78 is 23.2. The van der Waals surface area contributed by atoms with Crippen LogP contribution < -0.4 is 28.3 Å². The van der Waals surface area contributed by atoms with Crippen molar-refractivity contribution in [1.29, 1.82) is 0 Å². The minimum atomic E-state index is -1.58. The first-order valence-electron chi connectivity index (χ1n) is 11.2. The molecule has 13 heteroatoms. The van der Waals surface area contributed by atoms with Crippen LogP contribution in [0.25, 0.3) is 0 Å². The summed E-state index contributed by atoms with van der Waals surface area (Å²) in [7, 11) is 1.56. The molecule has 0 radical (unpaired) electrons. The van der Waals surface area contributed by atoms with Gasteiger partial charge in [0.1, 0.15) is 41.9 Å². The van der Waals surface area contributed by atoms with E-state index in [-0.39, 0.29) is 13.0 Å². The van der Waals surface area contributed by atoms with Gasteiger partial charge in [-0.3, -0.25) is 0 Å². The number of nitrogens with one attached hydrogen (secondary N) is 1. The number of nitrogens with two attached hydrogens (primary N) is 4. The standard InChI is InChI=1S/C20H39N5O8/c1-20(29)12(7-26)31-19(14(28)17(20)25-2)33-16-11(24)5-10(23)15(13(16)27)32-18-9(22)4-3-8(6-21)30-18/h3,9-19,25-29H,4-7,21-24H2,1-2H3. The van der Waals surface area contributed by atoms with Gasteiger partial charge in [-0.05, 0) is 32.9 Å². The van der Waals surface area contributed by atoms with Crippen LogP contribution in [0.15, 0.2) is 11.8 Å². The molecule has 1 saturated heterocycles. The lowest BCUT2D eigenvalue weighted by Gasteiger charge is -2.50. The zero-order valence-corrected chi connectivity index (χ0v) is 19.0. The van der Waals surface area contributed by atoms with Crippen molar-refractivity contribution in [3.05, 3.63) is 11.8 Å². The highest BCUT2D eigenvalue weighted by molar-refractivity contribution is 5.05. The Morgan fingerprint density at radius 2 is 1.70 bits per heavy atom. The minimum absolute atomic E-state index is 0.182. The van der Waals surface area contributed by atoms with E-state index in [0.717, 1.165) is 0 Å². The van der Waals surface area contributed by atoms with E-state index in [9.17, 15) is 20.4 Å². The molecule has 33 heavy (non-hydrogen) atoms. The van der Waals surface area contributed by atoms with Crippen LogP contribution in [0.3, 0.4) is 0 Å². The van der Waals surface area contributed by atoms with E-state index in [1.165, 1.54) is 6.92 Å².